The summed E-state index contributed by atoms with van der Waals surface area (Å²) in [5.74, 6) is -1.15. The second kappa shape index (κ2) is 4.90. The fourth-order valence-corrected chi connectivity index (χ4v) is 3.41. The number of hydrogen-bond donors (Lipinski definition) is 2. The van der Waals surface area contributed by atoms with Crippen LogP contribution in [0.2, 0.25) is 0 Å². The Balaban J connectivity index is 1.86. The Hall–Kier alpha value is -1.88. The van der Waals surface area contributed by atoms with Gasteiger partial charge in [-0.25, -0.2) is 4.79 Å². The fraction of sp³-hybridized carbons (Fsp3) is 0.467. The number of carboxylic acid groups (broad SMARTS) is 1. The minimum absolute atomic E-state index is 0.0877. The molecule has 2 bridgehead atoms. The molecule has 2 fully saturated rings. The van der Waals surface area contributed by atoms with E-state index >= 15 is 0 Å². The fourth-order valence-electron chi connectivity index (χ4n) is 3.41. The van der Waals surface area contributed by atoms with E-state index in [1.807, 2.05) is 4.90 Å². The van der Waals surface area contributed by atoms with Crippen molar-refractivity contribution in [3.8, 4) is 0 Å². The van der Waals surface area contributed by atoms with Crippen molar-refractivity contribution in [3.05, 3.63) is 35.4 Å². The minimum atomic E-state index is -1.03. The molecule has 2 N–H and O–H groups in total. The highest BCUT2D eigenvalue weighted by Crippen LogP contribution is 2.36. The molecule has 2 heterocycles. The van der Waals surface area contributed by atoms with Crippen LogP contribution in [0.3, 0.4) is 0 Å². The molecule has 1 aromatic carbocycles. The van der Waals surface area contributed by atoms with Crippen molar-refractivity contribution in [2.75, 3.05) is 0 Å². The molecule has 1 amide bonds. The highest BCUT2D eigenvalue weighted by Gasteiger charge is 2.42. The Labute approximate surface area is 116 Å². The van der Waals surface area contributed by atoms with Gasteiger partial charge < -0.3 is 15.1 Å². The molecule has 20 heavy (non-hydrogen) atoms. The Bertz CT molecular complexity index is 543. The first-order valence-electron chi connectivity index (χ1n) is 6.90. The maximum absolute atomic E-state index is 12.6. The first-order chi connectivity index (χ1) is 9.56. The molecule has 2 aliphatic heterocycles. The van der Waals surface area contributed by atoms with Crippen LogP contribution < -0.4 is 0 Å². The van der Waals surface area contributed by atoms with Gasteiger partial charge >= 0.3 is 5.97 Å². The Morgan fingerprint density at radius 1 is 1.10 bits per heavy atom. The molecule has 2 unspecified atom stereocenters. The second-order valence-electron chi connectivity index (χ2n) is 5.61. The molecule has 0 spiro atoms. The number of hydrogen-bond acceptors (Lipinski definition) is 3. The number of aromatic carboxylic acids is 1. The summed E-state index contributed by atoms with van der Waals surface area (Å²) in [5, 5.41) is 18.8. The molecule has 1 aromatic rings. The number of carbonyl (C=O) groups is 2. The molecule has 0 aliphatic carbocycles. The number of aliphatic hydroxyl groups is 1. The van der Waals surface area contributed by atoms with Crippen molar-refractivity contribution < 1.29 is 19.8 Å². The smallest absolute Gasteiger partial charge is 0.335 e. The maximum Gasteiger partial charge on any atom is 0.335 e. The van der Waals surface area contributed by atoms with Crippen LogP contribution in [0.4, 0.5) is 0 Å². The van der Waals surface area contributed by atoms with Crippen LogP contribution in [0.25, 0.3) is 0 Å². The van der Waals surface area contributed by atoms with Gasteiger partial charge in [-0.1, -0.05) is 6.07 Å². The number of carboxylic acids is 1. The van der Waals surface area contributed by atoms with E-state index in [1.165, 1.54) is 12.1 Å². The number of carbonyl (C=O) groups excluding carboxylic acids is 1. The summed E-state index contributed by atoms with van der Waals surface area (Å²) in [6.45, 7) is 0. The van der Waals surface area contributed by atoms with E-state index in [1.54, 1.807) is 12.1 Å². The van der Waals surface area contributed by atoms with E-state index in [0.29, 0.717) is 18.4 Å². The van der Waals surface area contributed by atoms with Crippen LogP contribution in [0.5, 0.6) is 0 Å². The Morgan fingerprint density at radius 3 is 2.30 bits per heavy atom. The van der Waals surface area contributed by atoms with Crippen molar-refractivity contribution in [1.29, 1.82) is 0 Å². The lowest BCUT2D eigenvalue weighted by molar-refractivity contribution is 0.0287. The zero-order valence-electron chi connectivity index (χ0n) is 11.0. The molecule has 0 aromatic heterocycles. The predicted molar refractivity (Wildman–Crippen MR) is 71.6 cm³/mol. The van der Waals surface area contributed by atoms with Crippen LogP contribution in [-0.4, -0.2) is 45.2 Å². The SMILES string of the molecule is O=C(O)c1cccc(C(=O)N2C3CCC2CC(O)C3)c1. The number of aliphatic hydroxyl groups excluding tert-OH is 1. The van der Waals surface area contributed by atoms with E-state index in [9.17, 15) is 14.7 Å². The largest absolute Gasteiger partial charge is 0.478 e. The van der Waals surface area contributed by atoms with Gasteiger partial charge in [0.25, 0.3) is 5.91 Å². The standard InChI is InChI=1S/C15H17NO4/c17-13-7-11-4-5-12(8-13)16(11)14(18)9-2-1-3-10(6-9)15(19)20/h1-3,6,11-13,17H,4-5,7-8H2,(H,19,20). The molecule has 0 saturated carbocycles. The van der Waals surface area contributed by atoms with Crippen molar-refractivity contribution >= 4 is 11.9 Å². The summed E-state index contributed by atoms with van der Waals surface area (Å²) in [4.78, 5) is 25.4. The van der Waals surface area contributed by atoms with E-state index in [2.05, 4.69) is 0 Å². The van der Waals surface area contributed by atoms with Gasteiger partial charge in [-0.05, 0) is 43.9 Å². The second-order valence-corrected chi connectivity index (χ2v) is 5.61. The molecule has 5 heteroatoms. The number of benzene rings is 1. The summed E-state index contributed by atoms with van der Waals surface area (Å²) < 4.78 is 0. The normalized spacial score (nSPS) is 28.4. The molecule has 2 aliphatic rings. The van der Waals surface area contributed by atoms with Gasteiger partial charge in [-0.3, -0.25) is 4.79 Å². The molecule has 5 nitrogen and oxygen atoms in total. The molecular formula is C15H17NO4. The number of rotatable bonds is 2. The van der Waals surface area contributed by atoms with Gasteiger partial charge in [0.15, 0.2) is 0 Å². The third kappa shape index (κ3) is 2.18. The van der Waals surface area contributed by atoms with E-state index in [-0.39, 0.29) is 29.7 Å². The van der Waals surface area contributed by atoms with Crippen LogP contribution in [0, 0.1) is 0 Å². The van der Waals surface area contributed by atoms with E-state index in [4.69, 9.17) is 5.11 Å². The minimum Gasteiger partial charge on any atom is -0.478 e. The van der Waals surface area contributed by atoms with Crippen LogP contribution >= 0.6 is 0 Å². The van der Waals surface area contributed by atoms with Crippen molar-refractivity contribution in [2.45, 2.75) is 43.9 Å². The van der Waals surface area contributed by atoms with E-state index < -0.39 is 5.97 Å². The molecule has 3 rings (SSSR count). The van der Waals surface area contributed by atoms with Gasteiger partial charge in [-0.2, -0.15) is 0 Å². The van der Waals surface area contributed by atoms with Crippen LogP contribution in [0.1, 0.15) is 46.4 Å². The molecule has 0 radical (unpaired) electrons. The summed E-state index contributed by atoms with van der Waals surface area (Å²) in [6, 6.07) is 6.33. The lowest BCUT2D eigenvalue weighted by Gasteiger charge is -2.37. The van der Waals surface area contributed by atoms with Crippen LogP contribution in [0.15, 0.2) is 24.3 Å². The van der Waals surface area contributed by atoms with Gasteiger partial charge in [0.2, 0.25) is 0 Å². The van der Waals surface area contributed by atoms with Crippen molar-refractivity contribution in [3.63, 3.8) is 0 Å². The third-order valence-corrected chi connectivity index (χ3v) is 4.30. The van der Waals surface area contributed by atoms with Gasteiger partial charge in [0.05, 0.1) is 11.7 Å². The molecule has 106 valence electrons. The zero-order valence-corrected chi connectivity index (χ0v) is 11.0. The van der Waals surface area contributed by atoms with Gasteiger partial charge in [0.1, 0.15) is 0 Å². The monoisotopic (exact) mass is 275 g/mol. The average molecular weight is 275 g/mol. The molecular weight excluding hydrogens is 258 g/mol. The summed E-state index contributed by atoms with van der Waals surface area (Å²) >= 11 is 0. The third-order valence-electron chi connectivity index (χ3n) is 4.30. The van der Waals surface area contributed by atoms with Crippen LogP contribution in [-0.2, 0) is 0 Å². The first-order valence-corrected chi connectivity index (χ1v) is 6.90. The maximum atomic E-state index is 12.6. The molecule has 2 atom stereocenters. The summed E-state index contributed by atoms with van der Waals surface area (Å²) in [7, 11) is 0. The summed E-state index contributed by atoms with van der Waals surface area (Å²) in [5.41, 5.74) is 0.540. The van der Waals surface area contributed by atoms with Crippen molar-refractivity contribution in [1.82, 2.24) is 4.90 Å². The molecule has 2 saturated heterocycles. The number of amides is 1. The van der Waals surface area contributed by atoms with Gasteiger partial charge in [-0.15, -0.1) is 0 Å². The highest BCUT2D eigenvalue weighted by atomic mass is 16.4. The quantitative estimate of drug-likeness (QED) is 0.857. The zero-order chi connectivity index (χ0) is 14.3. The average Bonchev–Trinajstić information content (AvgIpc) is 2.70. The Kier molecular flexibility index (Phi) is 3.22. The van der Waals surface area contributed by atoms with Gasteiger partial charge in [0, 0.05) is 17.6 Å². The Morgan fingerprint density at radius 2 is 1.70 bits per heavy atom. The highest BCUT2D eigenvalue weighted by molar-refractivity contribution is 5.98. The lowest BCUT2D eigenvalue weighted by Crippen LogP contribution is -2.48. The van der Waals surface area contributed by atoms with E-state index in [0.717, 1.165) is 12.8 Å². The van der Waals surface area contributed by atoms with Crippen molar-refractivity contribution in [2.24, 2.45) is 0 Å². The summed E-state index contributed by atoms with van der Waals surface area (Å²) in [6.07, 6.45) is 2.78. The topological polar surface area (TPSA) is 77.8 Å². The number of nitrogens with zero attached hydrogens (tertiary/aromatic N) is 1. The first kappa shape index (κ1) is 13.1. The number of piperidine rings is 1. The predicted octanol–water partition coefficient (Wildman–Crippen LogP) is 1.51. The lowest BCUT2D eigenvalue weighted by atomic mass is 9.98. The number of fused-ring (bicyclic) bond motifs is 2.